The topological polar surface area (TPSA) is 105 Å². The first-order valence-electron chi connectivity index (χ1n) is 23.1. The Morgan fingerprint density at radius 1 is 0.593 bits per heavy atom. The normalized spacial score (nSPS) is 15.2. The molecule has 3 atom stereocenters. The summed E-state index contributed by atoms with van der Waals surface area (Å²) >= 11 is 0. The van der Waals surface area contributed by atoms with Crippen LogP contribution in [0.1, 0.15) is 162 Å². The second-order valence-corrected chi connectivity index (χ2v) is 17.8. The number of quaternary nitrogens is 1. The number of likely N-dealkylation sites (N-methyl/N-ethyl adjacent to an activating group) is 1. The van der Waals surface area contributed by atoms with Gasteiger partial charge in [0.05, 0.1) is 39.9 Å². The molecule has 0 rings (SSSR count). The molecule has 1 amide bonds. The smallest absolute Gasteiger partial charge is 0.387 e. The van der Waals surface area contributed by atoms with Crippen LogP contribution in [0.2, 0.25) is 0 Å². The van der Waals surface area contributed by atoms with E-state index < -0.39 is 20.0 Å². The third kappa shape index (κ3) is 43.3. The number of hydrogen-bond donors (Lipinski definition) is 3. The molecule has 3 unspecified atom stereocenters. The summed E-state index contributed by atoms with van der Waals surface area (Å²) in [7, 11) is 1.52. The molecule has 0 saturated heterocycles. The van der Waals surface area contributed by atoms with E-state index in [2.05, 4.69) is 104 Å². The van der Waals surface area contributed by atoms with Crippen molar-refractivity contribution in [1.29, 1.82) is 0 Å². The monoisotopic (exact) mass is 844 g/mol. The van der Waals surface area contributed by atoms with E-state index in [4.69, 9.17) is 9.05 Å². The molecule has 0 aliphatic carbocycles. The van der Waals surface area contributed by atoms with Crippen LogP contribution in [-0.2, 0) is 18.4 Å². The van der Waals surface area contributed by atoms with Crippen LogP contribution >= 0.6 is 7.82 Å². The fraction of sp³-hybridized carbons (Fsp3) is 0.660. The standard InChI is InChI=1S/C50H87N2O6P/c1-6-8-10-12-14-16-18-20-22-23-24-25-26-27-28-29-30-32-34-36-38-40-42-44-50(54)51-48(47-58-59(55,56)57-46-45-52(3,4)5)49(53)43-41-39-37-35-33-31-21-19-17-15-13-11-9-7-2/h8,10,14,16-17,19-20,22,24-25,27-28,33,35,41,43,48-49,53H,6-7,9,11-13,15,18,21,23,26,29-32,34,36-40,42,44-47H2,1-5H3,(H-,51,54,55,56)/p+1/b10-8-,16-14-,19-17+,22-20-,25-24-,28-27-,35-33+,43-41+. The zero-order valence-corrected chi connectivity index (χ0v) is 39.1. The Kier molecular flexibility index (Phi) is 39.0. The maximum Gasteiger partial charge on any atom is 0.472 e. The highest BCUT2D eigenvalue weighted by Gasteiger charge is 2.27. The van der Waals surface area contributed by atoms with Crippen molar-refractivity contribution in [3.63, 3.8) is 0 Å². The lowest BCUT2D eigenvalue weighted by Gasteiger charge is -2.25. The number of nitrogens with one attached hydrogen (secondary N) is 1. The van der Waals surface area contributed by atoms with E-state index in [1.807, 2.05) is 27.2 Å². The van der Waals surface area contributed by atoms with Gasteiger partial charge in [-0.05, 0) is 89.9 Å². The van der Waals surface area contributed by atoms with E-state index in [0.717, 1.165) is 96.3 Å². The number of phosphoric acid groups is 1. The van der Waals surface area contributed by atoms with Crippen LogP contribution in [0.25, 0.3) is 0 Å². The number of hydrogen-bond acceptors (Lipinski definition) is 5. The molecule has 0 aromatic heterocycles. The Balaban J connectivity index is 4.45. The van der Waals surface area contributed by atoms with Gasteiger partial charge < -0.3 is 19.8 Å². The molecule has 8 nitrogen and oxygen atoms in total. The summed E-state index contributed by atoms with van der Waals surface area (Å²) in [4.78, 5) is 23.1. The summed E-state index contributed by atoms with van der Waals surface area (Å²) < 4.78 is 23.5. The Hall–Kier alpha value is -2.58. The number of rotatable bonds is 40. The van der Waals surface area contributed by atoms with E-state index in [9.17, 15) is 19.4 Å². The summed E-state index contributed by atoms with van der Waals surface area (Å²) in [6, 6.07) is -0.881. The first-order chi connectivity index (χ1) is 28.5. The van der Waals surface area contributed by atoms with Crippen molar-refractivity contribution in [3.8, 4) is 0 Å². The van der Waals surface area contributed by atoms with Gasteiger partial charge in [-0.25, -0.2) is 4.57 Å². The van der Waals surface area contributed by atoms with E-state index in [1.165, 1.54) is 44.9 Å². The predicted molar refractivity (Wildman–Crippen MR) is 253 cm³/mol. The van der Waals surface area contributed by atoms with Crippen molar-refractivity contribution in [3.05, 3.63) is 97.2 Å². The van der Waals surface area contributed by atoms with Crippen LogP contribution in [0, 0.1) is 0 Å². The van der Waals surface area contributed by atoms with Crippen molar-refractivity contribution < 1.29 is 32.9 Å². The average molecular weight is 844 g/mol. The van der Waals surface area contributed by atoms with Gasteiger partial charge in [0.15, 0.2) is 0 Å². The van der Waals surface area contributed by atoms with Gasteiger partial charge in [0.25, 0.3) is 0 Å². The Morgan fingerprint density at radius 3 is 1.56 bits per heavy atom. The third-order valence-corrected chi connectivity index (χ3v) is 10.5. The molecule has 0 spiro atoms. The summed E-state index contributed by atoms with van der Waals surface area (Å²) in [6.07, 6.45) is 57.6. The third-order valence-electron chi connectivity index (χ3n) is 9.52. The highest BCUT2D eigenvalue weighted by atomic mass is 31.2. The number of carbonyl (C=O) groups excluding carboxylic acids is 1. The zero-order chi connectivity index (χ0) is 43.6. The quantitative estimate of drug-likeness (QED) is 0.0246. The van der Waals surface area contributed by atoms with Crippen LogP contribution < -0.4 is 5.32 Å². The number of allylic oxidation sites excluding steroid dienone is 15. The van der Waals surface area contributed by atoms with Gasteiger partial charge in [0.1, 0.15) is 13.2 Å². The molecule has 0 bridgehead atoms. The number of amides is 1. The van der Waals surface area contributed by atoms with Crippen LogP contribution in [0.3, 0.4) is 0 Å². The molecule has 0 heterocycles. The molecule has 9 heteroatoms. The molecular weight excluding hydrogens is 756 g/mol. The van der Waals surface area contributed by atoms with Crippen molar-refractivity contribution in [2.45, 2.75) is 174 Å². The first-order valence-corrected chi connectivity index (χ1v) is 24.6. The van der Waals surface area contributed by atoms with E-state index in [-0.39, 0.29) is 19.1 Å². The molecule has 0 aromatic rings. The van der Waals surface area contributed by atoms with Gasteiger partial charge in [-0.1, -0.05) is 162 Å². The molecule has 0 aromatic carbocycles. The number of unbranched alkanes of at least 4 members (excludes halogenated alkanes) is 13. The summed E-state index contributed by atoms with van der Waals surface area (Å²) in [5, 5.41) is 13.8. The highest BCUT2D eigenvalue weighted by molar-refractivity contribution is 7.47. The van der Waals surface area contributed by atoms with Crippen LogP contribution in [-0.4, -0.2) is 73.4 Å². The summed E-state index contributed by atoms with van der Waals surface area (Å²) in [5.41, 5.74) is 0. The second-order valence-electron chi connectivity index (χ2n) is 16.4. The lowest BCUT2D eigenvalue weighted by molar-refractivity contribution is -0.870. The fourth-order valence-electron chi connectivity index (χ4n) is 5.86. The van der Waals surface area contributed by atoms with Gasteiger partial charge in [0.2, 0.25) is 5.91 Å². The van der Waals surface area contributed by atoms with Crippen molar-refractivity contribution in [2.24, 2.45) is 0 Å². The Morgan fingerprint density at radius 2 is 1.03 bits per heavy atom. The highest BCUT2D eigenvalue weighted by Crippen LogP contribution is 2.43. The van der Waals surface area contributed by atoms with Crippen molar-refractivity contribution >= 4 is 13.7 Å². The van der Waals surface area contributed by atoms with Gasteiger partial charge in [-0.15, -0.1) is 0 Å². The zero-order valence-electron chi connectivity index (χ0n) is 38.2. The predicted octanol–water partition coefficient (Wildman–Crippen LogP) is 13.1. The lowest BCUT2D eigenvalue weighted by Crippen LogP contribution is -2.45. The molecule has 338 valence electrons. The van der Waals surface area contributed by atoms with Crippen LogP contribution in [0.4, 0.5) is 0 Å². The maximum atomic E-state index is 12.9. The number of aliphatic hydroxyl groups is 1. The Bertz CT molecular complexity index is 1280. The first kappa shape index (κ1) is 56.4. The minimum absolute atomic E-state index is 0.0455. The number of nitrogens with zero attached hydrogens (tertiary/aromatic N) is 1. The van der Waals surface area contributed by atoms with E-state index in [0.29, 0.717) is 17.4 Å². The van der Waals surface area contributed by atoms with E-state index in [1.54, 1.807) is 6.08 Å². The summed E-state index contributed by atoms with van der Waals surface area (Å²) in [5.74, 6) is -0.209. The summed E-state index contributed by atoms with van der Waals surface area (Å²) in [6.45, 7) is 4.61. The number of carbonyl (C=O) groups is 1. The molecule has 3 N–H and O–H groups in total. The van der Waals surface area contributed by atoms with E-state index >= 15 is 0 Å². The molecule has 0 radical (unpaired) electrons. The maximum absolute atomic E-state index is 12.9. The molecular formula is C50H88N2O6P+. The minimum atomic E-state index is -4.36. The van der Waals surface area contributed by atoms with Gasteiger partial charge in [0, 0.05) is 6.42 Å². The van der Waals surface area contributed by atoms with Crippen LogP contribution in [0.5, 0.6) is 0 Å². The molecule has 0 fully saturated rings. The second kappa shape index (κ2) is 40.8. The average Bonchev–Trinajstić information content (AvgIpc) is 3.19. The van der Waals surface area contributed by atoms with Crippen molar-refractivity contribution in [1.82, 2.24) is 5.32 Å². The van der Waals surface area contributed by atoms with Crippen LogP contribution in [0.15, 0.2) is 97.2 Å². The molecule has 0 aliphatic rings. The lowest BCUT2D eigenvalue weighted by atomic mass is 10.1. The SMILES string of the molecule is CC/C=C\C/C=C\C/C=C\C/C=C\C/C=C\CCCCCCCCCC(=O)NC(COP(=O)(O)OCC[N+](C)(C)C)C(O)/C=C/CC/C=C/CC/C=C/CCCCCC. The minimum Gasteiger partial charge on any atom is -0.387 e. The van der Waals surface area contributed by atoms with Gasteiger partial charge in [-0.3, -0.25) is 13.8 Å². The number of phosphoric ester groups is 1. The molecule has 0 saturated carbocycles. The fourth-order valence-corrected chi connectivity index (χ4v) is 6.60. The number of aliphatic hydroxyl groups excluding tert-OH is 1. The molecule has 0 aliphatic heterocycles. The Labute approximate surface area is 362 Å². The largest absolute Gasteiger partial charge is 0.472 e. The molecule has 59 heavy (non-hydrogen) atoms. The van der Waals surface area contributed by atoms with Gasteiger partial charge in [-0.2, -0.15) is 0 Å². The van der Waals surface area contributed by atoms with Gasteiger partial charge >= 0.3 is 7.82 Å². The van der Waals surface area contributed by atoms with Crippen molar-refractivity contribution in [2.75, 3.05) is 40.9 Å².